The van der Waals surface area contributed by atoms with E-state index in [1.54, 1.807) is 0 Å². The van der Waals surface area contributed by atoms with Gasteiger partial charge in [-0.2, -0.15) is 0 Å². The summed E-state index contributed by atoms with van der Waals surface area (Å²) in [5.41, 5.74) is 2.72. The minimum atomic E-state index is -0.485. The lowest BCUT2D eigenvalue weighted by molar-refractivity contribution is 0.101. The van der Waals surface area contributed by atoms with Gasteiger partial charge in [-0.05, 0) is 31.2 Å². The summed E-state index contributed by atoms with van der Waals surface area (Å²) in [6, 6.07) is 11.8. The molecule has 0 fully saturated rings. The molecule has 28 heavy (non-hydrogen) atoms. The lowest BCUT2D eigenvalue weighted by Crippen LogP contribution is -2.07. The molecule has 0 saturated heterocycles. The molecular weight excluding hydrogens is 379 g/mol. The van der Waals surface area contributed by atoms with Gasteiger partial charge in [0.1, 0.15) is 17.1 Å². The number of aryl methyl sites for hydroxylation is 1. The second-order valence-electron chi connectivity index (χ2n) is 6.08. The van der Waals surface area contributed by atoms with Crippen LogP contribution in [0.1, 0.15) is 17.3 Å². The van der Waals surface area contributed by atoms with Gasteiger partial charge in [-0.3, -0.25) is 4.79 Å². The zero-order chi connectivity index (χ0) is 19.7. The molecule has 4 rings (SSSR count). The van der Waals surface area contributed by atoms with E-state index in [9.17, 15) is 9.18 Å². The van der Waals surface area contributed by atoms with Crippen molar-refractivity contribution in [3.63, 3.8) is 0 Å². The summed E-state index contributed by atoms with van der Waals surface area (Å²) >= 11 is 1.17. The summed E-state index contributed by atoms with van der Waals surface area (Å²) in [7, 11) is 1.45. The van der Waals surface area contributed by atoms with Crippen molar-refractivity contribution in [3.05, 3.63) is 53.8 Å². The van der Waals surface area contributed by atoms with Gasteiger partial charge in [0.15, 0.2) is 11.4 Å². The Morgan fingerprint density at radius 3 is 2.82 bits per heavy atom. The Labute approximate surface area is 164 Å². The Hall–Kier alpha value is -3.00. The molecule has 4 aromatic rings. The second-order valence-corrected chi connectivity index (χ2v) is 7.03. The first-order valence-corrected chi connectivity index (χ1v) is 9.72. The number of carbonyl (C=O) groups is 1. The smallest absolute Gasteiger partial charge is 0.211 e. The van der Waals surface area contributed by atoms with Crippen molar-refractivity contribution in [2.75, 3.05) is 12.9 Å². The quantitative estimate of drug-likeness (QED) is 0.361. The number of hydrogen-bond donors (Lipinski definition) is 0. The van der Waals surface area contributed by atoms with Gasteiger partial charge in [0.2, 0.25) is 5.16 Å². The third kappa shape index (κ3) is 3.20. The minimum Gasteiger partial charge on any atom is -0.496 e. The topological polar surface area (TPSA) is 69.9 Å². The Balaban J connectivity index is 1.63. The van der Waals surface area contributed by atoms with Gasteiger partial charge in [0, 0.05) is 11.9 Å². The Kier molecular flexibility index (Phi) is 4.95. The van der Waals surface area contributed by atoms with Crippen LogP contribution in [0, 0.1) is 5.82 Å². The van der Waals surface area contributed by atoms with Crippen LogP contribution in [-0.2, 0) is 6.54 Å². The van der Waals surface area contributed by atoms with Crippen molar-refractivity contribution in [3.8, 4) is 5.75 Å². The lowest BCUT2D eigenvalue weighted by Gasteiger charge is -2.07. The molecule has 0 aliphatic rings. The standard InChI is InChI=1S/C20H17FN4O2S/c1-3-25-15-7-5-4-6-13(15)18-19(25)22-20(24-23-18)28-11-16(26)14-10-12(21)8-9-17(14)27-2/h4-10H,3,11H2,1-2H3. The summed E-state index contributed by atoms with van der Waals surface area (Å²) in [5, 5.41) is 9.88. The summed E-state index contributed by atoms with van der Waals surface area (Å²) in [6.45, 7) is 2.78. The number of carbonyl (C=O) groups excluding carboxylic acids is 1. The minimum absolute atomic E-state index is 0.0549. The van der Waals surface area contributed by atoms with Gasteiger partial charge in [0.05, 0.1) is 23.9 Å². The van der Waals surface area contributed by atoms with Gasteiger partial charge in [-0.1, -0.05) is 30.0 Å². The molecule has 0 aliphatic heterocycles. The van der Waals surface area contributed by atoms with Crippen LogP contribution >= 0.6 is 11.8 Å². The Morgan fingerprint density at radius 2 is 2.04 bits per heavy atom. The van der Waals surface area contributed by atoms with Crippen LogP contribution in [0.4, 0.5) is 4.39 Å². The van der Waals surface area contributed by atoms with Crippen LogP contribution in [0.2, 0.25) is 0 Å². The highest BCUT2D eigenvalue weighted by atomic mass is 32.2. The fraction of sp³-hybridized carbons (Fsp3) is 0.200. The zero-order valence-electron chi connectivity index (χ0n) is 15.3. The first kappa shape index (κ1) is 18.4. The highest BCUT2D eigenvalue weighted by Gasteiger charge is 2.17. The van der Waals surface area contributed by atoms with Crippen molar-refractivity contribution < 1.29 is 13.9 Å². The molecule has 0 amide bonds. The van der Waals surface area contributed by atoms with E-state index in [2.05, 4.69) is 19.7 Å². The van der Waals surface area contributed by atoms with Crippen molar-refractivity contribution in [2.45, 2.75) is 18.6 Å². The number of Topliss-reactive ketones (excluding diaryl/α,β-unsaturated/α-hetero) is 1. The van der Waals surface area contributed by atoms with Crippen LogP contribution in [0.25, 0.3) is 22.1 Å². The highest BCUT2D eigenvalue weighted by Crippen LogP contribution is 2.28. The maximum Gasteiger partial charge on any atom is 0.211 e. The molecule has 0 radical (unpaired) electrons. The number of hydrogen-bond acceptors (Lipinski definition) is 6. The molecule has 0 saturated carbocycles. The molecule has 0 N–H and O–H groups in total. The first-order chi connectivity index (χ1) is 13.6. The van der Waals surface area contributed by atoms with E-state index in [1.165, 1.54) is 37.1 Å². The average Bonchev–Trinajstić information content (AvgIpc) is 3.04. The molecule has 0 unspecified atom stereocenters. The predicted molar refractivity (Wildman–Crippen MR) is 107 cm³/mol. The van der Waals surface area contributed by atoms with Crippen LogP contribution in [0.3, 0.4) is 0 Å². The van der Waals surface area contributed by atoms with E-state index in [1.807, 2.05) is 31.2 Å². The number of nitrogens with zero attached hydrogens (tertiary/aromatic N) is 4. The third-order valence-corrected chi connectivity index (χ3v) is 5.30. The third-order valence-electron chi connectivity index (χ3n) is 4.47. The van der Waals surface area contributed by atoms with E-state index in [0.717, 1.165) is 28.6 Å². The van der Waals surface area contributed by atoms with Crippen LogP contribution < -0.4 is 4.74 Å². The normalized spacial score (nSPS) is 11.2. The lowest BCUT2D eigenvalue weighted by atomic mass is 10.1. The van der Waals surface area contributed by atoms with E-state index in [-0.39, 0.29) is 17.1 Å². The number of rotatable bonds is 6. The maximum atomic E-state index is 13.5. The number of ether oxygens (including phenoxy) is 1. The number of ketones is 1. The molecule has 142 valence electrons. The number of para-hydroxylation sites is 1. The average molecular weight is 396 g/mol. The highest BCUT2D eigenvalue weighted by molar-refractivity contribution is 7.99. The fourth-order valence-electron chi connectivity index (χ4n) is 3.18. The molecule has 0 aliphatic carbocycles. The zero-order valence-corrected chi connectivity index (χ0v) is 16.2. The Bertz CT molecular complexity index is 1190. The molecular formula is C20H17FN4O2S. The Morgan fingerprint density at radius 1 is 1.21 bits per heavy atom. The van der Waals surface area contributed by atoms with E-state index in [4.69, 9.17) is 4.74 Å². The molecule has 0 atom stereocenters. The van der Waals surface area contributed by atoms with Crippen molar-refractivity contribution >= 4 is 39.6 Å². The predicted octanol–water partition coefficient (Wildman–Crippen LogP) is 4.12. The summed E-state index contributed by atoms with van der Waals surface area (Å²) in [6.07, 6.45) is 0. The molecule has 8 heteroatoms. The van der Waals surface area contributed by atoms with Crippen molar-refractivity contribution in [2.24, 2.45) is 0 Å². The van der Waals surface area contributed by atoms with Gasteiger partial charge < -0.3 is 9.30 Å². The van der Waals surface area contributed by atoms with Gasteiger partial charge >= 0.3 is 0 Å². The maximum absolute atomic E-state index is 13.5. The van der Waals surface area contributed by atoms with E-state index in [0.29, 0.717) is 10.9 Å². The van der Waals surface area contributed by atoms with Crippen molar-refractivity contribution in [1.29, 1.82) is 0 Å². The monoisotopic (exact) mass is 396 g/mol. The van der Waals surface area contributed by atoms with Gasteiger partial charge in [0.25, 0.3) is 0 Å². The number of aromatic nitrogens is 4. The SMILES string of the molecule is CCn1c2ccccc2c2nnc(SCC(=O)c3cc(F)ccc3OC)nc21. The van der Waals surface area contributed by atoms with E-state index < -0.39 is 5.82 Å². The number of methoxy groups -OCH3 is 1. The first-order valence-electron chi connectivity index (χ1n) is 8.73. The molecule has 0 spiro atoms. The summed E-state index contributed by atoms with van der Waals surface area (Å²) < 4.78 is 20.7. The van der Waals surface area contributed by atoms with Crippen LogP contribution in [0.15, 0.2) is 47.6 Å². The number of benzene rings is 2. The molecule has 2 aromatic carbocycles. The fourth-order valence-corrected chi connectivity index (χ4v) is 3.84. The molecule has 0 bridgehead atoms. The molecule has 2 aromatic heterocycles. The molecule has 6 nitrogen and oxygen atoms in total. The molecule has 2 heterocycles. The van der Waals surface area contributed by atoms with Crippen LogP contribution in [0.5, 0.6) is 5.75 Å². The van der Waals surface area contributed by atoms with Crippen LogP contribution in [-0.4, -0.2) is 38.4 Å². The summed E-state index contributed by atoms with van der Waals surface area (Å²) in [5.74, 6) is -0.353. The second kappa shape index (κ2) is 7.55. The number of fused-ring (bicyclic) bond motifs is 3. The number of thioether (sulfide) groups is 1. The van der Waals surface area contributed by atoms with Gasteiger partial charge in [-0.25, -0.2) is 9.37 Å². The largest absolute Gasteiger partial charge is 0.496 e. The number of halogens is 1. The van der Waals surface area contributed by atoms with Crippen molar-refractivity contribution in [1.82, 2.24) is 19.7 Å². The summed E-state index contributed by atoms with van der Waals surface area (Å²) in [4.78, 5) is 17.1. The van der Waals surface area contributed by atoms with E-state index >= 15 is 0 Å². The van der Waals surface area contributed by atoms with Gasteiger partial charge in [-0.15, -0.1) is 10.2 Å².